The van der Waals surface area contributed by atoms with Gasteiger partial charge in [0.2, 0.25) is 17.3 Å². The zero-order valence-electron chi connectivity index (χ0n) is 36.4. The van der Waals surface area contributed by atoms with E-state index in [-0.39, 0.29) is 189 Å². The Hall–Kier alpha value is 0.344. The maximum Gasteiger partial charge on any atom is 1.00 e. The quantitative estimate of drug-likeness (QED) is 0.0253. The zero-order chi connectivity index (χ0) is 40.3. The number of carbonyl (C=O) groups excluding carboxylic acids is 1. The van der Waals surface area contributed by atoms with Crippen LogP contribution in [0.4, 0.5) is 27.4 Å². The summed E-state index contributed by atoms with van der Waals surface area (Å²) in [6.07, 6.45) is 9.82. The number of hydrogen-bond donors (Lipinski definition) is 4. The number of halogens is 1. The summed E-state index contributed by atoms with van der Waals surface area (Å²) in [5.41, 5.74) is 12.1. The summed E-state index contributed by atoms with van der Waals surface area (Å²) >= 11 is 0. The van der Waals surface area contributed by atoms with Gasteiger partial charge in [-0.2, -0.15) is 4.39 Å². The summed E-state index contributed by atoms with van der Waals surface area (Å²) in [6.45, 7) is 21.6. The number of anilines is 2. The molecule has 2 fully saturated rings. The van der Waals surface area contributed by atoms with E-state index in [1.165, 1.54) is 44.0 Å². The summed E-state index contributed by atoms with van der Waals surface area (Å²) in [4.78, 5) is 29.0. The number of pyridine rings is 3. The van der Waals surface area contributed by atoms with Gasteiger partial charge in [-0.25, -0.2) is 19.7 Å². The number of ether oxygens (including phenoxy) is 5. The van der Waals surface area contributed by atoms with Crippen LogP contribution in [-0.2, 0) is 39.9 Å². The van der Waals surface area contributed by atoms with E-state index in [1.807, 2.05) is 12.1 Å². The summed E-state index contributed by atoms with van der Waals surface area (Å²) < 4.78 is 36.5. The van der Waals surface area contributed by atoms with E-state index >= 15 is 0 Å². The number of methoxy groups -OCH3 is 3. The number of rotatable bonds is 12. The molecule has 58 heavy (non-hydrogen) atoms. The van der Waals surface area contributed by atoms with E-state index in [9.17, 15) is 4.39 Å². The first kappa shape index (κ1) is 70.0. The molecule has 0 unspecified atom stereocenters. The van der Waals surface area contributed by atoms with Crippen molar-refractivity contribution in [1.29, 1.82) is 0 Å². The van der Waals surface area contributed by atoms with Crippen LogP contribution in [0.5, 0.6) is 0 Å². The zero-order valence-corrected chi connectivity index (χ0v) is 47.0. The topological polar surface area (TPSA) is 219 Å². The molecule has 2 aliphatic heterocycles. The molecule has 310 valence electrons. The van der Waals surface area contributed by atoms with Gasteiger partial charge in [0.15, 0.2) is 17.4 Å². The van der Waals surface area contributed by atoms with Crippen molar-refractivity contribution in [2.45, 2.75) is 32.2 Å². The number of nitrogens with two attached hydrogens (primary N) is 2. The Morgan fingerprint density at radius 1 is 0.793 bits per heavy atom. The third-order valence-electron chi connectivity index (χ3n) is 6.09. The molecule has 22 heteroatoms. The molecule has 17 nitrogen and oxygen atoms in total. The van der Waals surface area contributed by atoms with Gasteiger partial charge in [0.25, 0.3) is 6.47 Å². The summed E-state index contributed by atoms with van der Waals surface area (Å²) in [5.74, 6) is 0.768. The van der Waals surface area contributed by atoms with Crippen molar-refractivity contribution in [2.75, 3.05) is 97.8 Å². The van der Waals surface area contributed by atoms with Crippen molar-refractivity contribution in [3.63, 3.8) is 0 Å². The van der Waals surface area contributed by atoms with Crippen LogP contribution >= 0.6 is 0 Å². The fraction of sp³-hybridized carbons (Fsp3) is 0.500. The number of hydrogen-bond acceptors (Lipinski definition) is 15. The summed E-state index contributed by atoms with van der Waals surface area (Å²) in [5, 5.41) is 14.6. The molecule has 2 aliphatic rings. The van der Waals surface area contributed by atoms with Crippen molar-refractivity contribution in [1.82, 2.24) is 15.0 Å². The monoisotopic (exact) mass is 1070 g/mol. The minimum atomic E-state index is -0.701. The first-order chi connectivity index (χ1) is 26.4. The average Bonchev–Trinajstić information content (AvgIpc) is 4.01. The SMILES string of the molecule is C1CCOC1.C1CCOC1.COCCN.COCCNc1ncccc1CN.O=CO[O-].[AlH3].[C-]#[N+]c1cccnc1F.[C-]#[N+]c1cccnc1NCCOC.[Cs+].[Cs+].[H-].[H-].[Li+]. The molecule has 0 atom stereocenters. The normalized spacial score (nSPS) is 10.8. The van der Waals surface area contributed by atoms with Crippen LogP contribution in [0, 0.1) is 19.1 Å². The Bertz CT molecular complexity index is 1390. The third-order valence-corrected chi connectivity index (χ3v) is 6.09. The van der Waals surface area contributed by atoms with E-state index < -0.39 is 5.95 Å². The number of aromatic nitrogens is 3. The van der Waals surface area contributed by atoms with Crippen molar-refractivity contribution in [2.24, 2.45) is 11.5 Å². The molecule has 0 amide bonds. The predicted molar refractivity (Wildman–Crippen MR) is 214 cm³/mol. The Kier molecular flexibility index (Phi) is 69.2. The van der Waals surface area contributed by atoms with Gasteiger partial charge >= 0.3 is 157 Å². The molecule has 6 N–H and O–H groups in total. The molecular weight excluding hydrogens is 1010 g/mol. The maximum absolute atomic E-state index is 12.3. The molecule has 0 bridgehead atoms. The molecule has 5 rings (SSSR count). The minimum absolute atomic E-state index is 0. The fourth-order valence-corrected chi connectivity index (χ4v) is 3.53. The number of nitrogens with one attached hydrogen (secondary N) is 2. The summed E-state index contributed by atoms with van der Waals surface area (Å²) in [7, 11) is 4.94. The Labute approximate surface area is 486 Å². The van der Waals surface area contributed by atoms with E-state index in [4.69, 9.17) is 53.6 Å². The largest absolute Gasteiger partial charge is 1.00 e. The number of carbonyl (C=O) groups is 1. The second-order valence-electron chi connectivity index (χ2n) is 10.1. The van der Waals surface area contributed by atoms with Gasteiger partial charge in [0, 0.05) is 98.1 Å². The molecule has 0 saturated carbocycles. The van der Waals surface area contributed by atoms with Gasteiger partial charge in [-0.05, 0) is 31.7 Å². The third kappa shape index (κ3) is 44.4. The number of nitrogens with zero attached hydrogens (tertiary/aromatic N) is 5. The van der Waals surface area contributed by atoms with Crippen molar-refractivity contribution in [3.05, 3.63) is 89.3 Å². The summed E-state index contributed by atoms with van der Waals surface area (Å²) in [6, 6.07) is 10.2. The predicted octanol–water partition coefficient (Wildman–Crippen LogP) is -6.27. The van der Waals surface area contributed by atoms with E-state index in [1.54, 1.807) is 45.9 Å². The van der Waals surface area contributed by atoms with E-state index in [2.05, 4.69) is 44.9 Å². The Balaban J connectivity index is -0.0000000899. The van der Waals surface area contributed by atoms with E-state index in [0.717, 1.165) is 44.4 Å². The Morgan fingerprint density at radius 2 is 1.21 bits per heavy atom. The van der Waals surface area contributed by atoms with Crippen LogP contribution in [0.2, 0.25) is 0 Å². The first-order valence-electron chi connectivity index (χ1n) is 16.9. The molecule has 0 aromatic carbocycles. The van der Waals surface area contributed by atoms with Crippen molar-refractivity contribution in [3.8, 4) is 0 Å². The van der Waals surface area contributed by atoms with Crippen LogP contribution < -0.4 is 184 Å². The molecule has 0 spiro atoms. The molecule has 3 aromatic heterocycles. The first-order valence-corrected chi connectivity index (χ1v) is 16.9. The molecule has 0 aliphatic carbocycles. The van der Waals surface area contributed by atoms with Gasteiger partial charge in [-0.1, -0.05) is 30.3 Å². The van der Waals surface area contributed by atoms with Gasteiger partial charge < -0.3 is 58.8 Å². The molecule has 5 heterocycles. The van der Waals surface area contributed by atoms with Crippen LogP contribution in [0.1, 0.15) is 34.1 Å². The average molecular weight is 1070 g/mol. The van der Waals surface area contributed by atoms with Crippen LogP contribution in [0.15, 0.2) is 55.0 Å². The molecule has 0 radical (unpaired) electrons. The second kappa shape index (κ2) is 57.3. The van der Waals surface area contributed by atoms with Gasteiger partial charge in [-0.15, -0.1) is 0 Å². The van der Waals surface area contributed by atoms with Crippen molar-refractivity contribution < 1.29 is 203 Å². The fourth-order valence-electron chi connectivity index (χ4n) is 3.53. The van der Waals surface area contributed by atoms with Crippen LogP contribution in [0.3, 0.4) is 0 Å². The maximum atomic E-state index is 12.3. The second-order valence-corrected chi connectivity index (χ2v) is 10.1. The van der Waals surface area contributed by atoms with Crippen molar-refractivity contribution >= 4 is 46.8 Å². The smallest absolute Gasteiger partial charge is 1.00 e. The standard InChI is InChI=1S/C9H11N3O.C9H15N3O.C6H3FN2.2C4H8O.C3H9NO.CH2O3.Al.2Cs.Li.5H/c1-10-8-4-3-5-11-9(8)12-6-7-13-2;1-13-6-5-12-9-8(7-10)3-2-4-11-9;1-8-5-3-2-4-9-6(5)7;2*1-2-4-5-3-1;1-5-3-2-4;2-1-4-3;;;;;;;;;/h3-5H,6-7H2,2H3,(H,11,12);2-4H,5-7,10H2,1H3,(H,11,12);2-4H;2*1-4H2;2-4H2,1H3;1,3H;;;;;;;;;/q;;;;;;;;3*+1;;;;2*-1/p-1. The Morgan fingerprint density at radius 3 is 1.53 bits per heavy atom. The minimum Gasteiger partial charge on any atom is -1.00 e. The van der Waals surface area contributed by atoms with Gasteiger partial charge in [0.05, 0.1) is 33.0 Å². The molecule has 3 aromatic rings. The van der Waals surface area contributed by atoms with Crippen LogP contribution in [-0.4, -0.2) is 126 Å². The van der Waals surface area contributed by atoms with E-state index in [0.29, 0.717) is 51.0 Å². The van der Waals surface area contributed by atoms with Gasteiger partial charge in [0.1, 0.15) is 11.6 Å². The molecular formula is C36H60AlCs2FLiN9O8. The molecule has 2 saturated heterocycles. The van der Waals surface area contributed by atoms with Crippen LogP contribution in [0.25, 0.3) is 9.69 Å². The van der Waals surface area contributed by atoms with Gasteiger partial charge in [-0.3, -0.25) is 9.78 Å².